The zero-order chi connectivity index (χ0) is 10.5. The van der Waals surface area contributed by atoms with Crippen molar-refractivity contribution in [2.45, 2.75) is 12.8 Å². The number of nitrogens with zero attached hydrogens (tertiary/aromatic N) is 1. The van der Waals surface area contributed by atoms with Crippen LogP contribution in [0.25, 0.3) is 0 Å². The van der Waals surface area contributed by atoms with Gasteiger partial charge in [0.25, 0.3) is 0 Å². The molecule has 1 unspecified atom stereocenters. The Bertz CT molecular complexity index is 310. The summed E-state index contributed by atoms with van der Waals surface area (Å²) in [5, 5.41) is 0. The Morgan fingerprint density at radius 3 is 2.80 bits per heavy atom. The highest BCUT2D eigenvalue weighted by atomic mass is 16.1. The first-order chi connectivity index (χ1) is 7.38. The van der Waals surface area contributed by atoms with E-state index in [0.29, 0.717) is 0 Å². The molecule has 0 amide bonds. The van der Waals surface area contributed by atoms with Crippen molar-refractivity contribution in [3.05, 3.63) is 35.9 Å². The summed E-state index contributed by atoms with van der Waals surface area (Å²) in [5.41, 5.74) is 1.38. The number of carbonyl (C=O) groups excluding carboxylic acids is 1. The molecule has 1 fully saturated rings. The second-order valence-corrected chi connectivity index (χ2v) is 4.22. The van der Waals surface area contributed by atoms with E-state index >= 15 is 0 Å². The van der Waals surface area contributed by atoms with Gasteiger partial charge in [0.2, 0.25) is 0 Å². The summed E-state index contributed by atoms with van der Waals surface area (Å²) in [7, 11) is 0. The SMILES string of the molecule is O=CC1CCN(CCc2ccccc2)C1. The largest absolute Gasteiger partial charge is 0.303 e. The Morgan fingerprint density at radius 2 is 2.13 bits per heavy atom. The van der Waals surface area contributed by atoms with E-state index in [1.54, 1.807) is 0 Å². The number of likely N-dealkylation sites (tertiary alicyclic amines) is 1. The van der Waals surface area contributed by atoms with Crippen molar-refractivity contribution in [2.75, 3.05) is 19.6 Å². The molecular formula is C13H17NO. The smallest absolute Gasteiger partial charge is 0.124 e. The van der Waals surface area contributed by atoms with Gasteiger partial charge in [-0.25, -0.2) is 0 Å². The predicted octanol–water partition coefficient (Wildman–Crippen LogP) is 1.75. The minimum atomic E-state index is 0.278. The molecule has 0 N–H and O–H groups in total. The van der Waals surface area contributed by atoms with Crippen LogP contribution in [-0.2, 0) is 11.2 Å². The molecule has 1 aromatic carbocycles. The Kier molecular flexibility index (Phi) is 3.51. The lowest BCUT2D eigenvalue weighted by Crippen LogP contribution is -2.23. The molecule has 0 bridgehead atoms. The van der Waals surface area contributed by atoms with Crippen LogP contribution in [0.5, 0.6) is 0 Å². The first-order valence-corrected chi connectivity index (χ1v) is 5.60. The van der Waals surface area contributed by atoms with Gasteiger partial charge in [0.1, 0.15) is 6.29 Å². The van der Waals surface area contributed by atoms with E-state index in [1.807, 2.05) is 6.07 Å². The molecule has 0 aliphatic carbocycles. The Morgan fingerprint density at radius 1 is 1.33 bits per heavy atom. The third-order valence-corrected chi connectivity index (χ3v) is 3.06. The number of hydrogen-bond acceptors (Lipinski definition) is 2. The first kappa shape index (κ1) is 10.4. The fourth-order valence-corrected chi connectivity index (χ4v) is 2.11. The minimum absolute atomic E-state index is 0.278. The van der Waals surface area contributed by atoms with Crippen molar-refractivity contribution in [2.24, 2.45) is 5.92 Å². The van der Waals surface area contributed by atoms with Gasteiger partial charge < -0.3 is 9.69 Å². The molecule has 1 heterocycles. The maximum absolute atomic E-state index is 10.6. The lowest BCUT2D eigenvalue weighted by atomic mass is 10.1. The molecule has 1 saturated heterocycles. The molecule has 2 rings (SSSR count). The van der Waals surface area contributed by atoms with Crippen LogP contribution in [0.1, 0.15) is 12.0 Å². The number of aldehydes is 1. The van der Waals surface area contributed by atoms with Gasteiger partial charge in [-0.1, -0.05) is 30.3 Å². The van der Waals surface area contributed by atoms with Crippen molar-refractivity contribution in [3.8, 4) is 0 Å². The molecule has 1 aromatic rings. The number of benzene rings is 1. The molecule has 80 valence electrons. The van der Waals surface area contributed by atoms with Gasteiger partial charge in [-0.3, -0.25) is 0 Å². The van der Waals surface area contributed by atoms with Crippen molar-refractivity contribution >= 4 is 6.29 Å². The molecule has 1 aliphatic rings. The molecule has 2 heteroatoms. The molecule has 0 spiro atoms. The van der Waals surface area contributed by atoms with Gasteiger partial charge in [-0.05, 0) is 24.9 Å². The maximum atomic E-state index is 10.6. The fraction of sp³-hybridized carbons (Fsp3) is 0.462. The van der Waals surface area contributed by atoms with E-state index in [1.165, 1.54) is 5.56 Å². The first-order valence-electron chi connectivity index (χ1n) is 5.60. The average molecular weight is 203 g/mol. The Labute approximate surface area is 90.9 Å². The summed E-state index contributed by atoms with van der Waals surface area (Å²) >= 11 is 0. The highest BCUT2D eigenvalue weighted by Crippen LogP contribution is 2.14. The predicted molar refractivity (Wildman–Crippen MR) is 60.8 cm³/mol. The summed E-state index contributed by atoms with van der Waals surface area (Å²) in [4.78, 5) is 13.0. The van der Waals surface area contributed by atoms with E-state index in [9.17, 15) is 4.79 Å². The minimum Gasteiger partial charge on any atom is -0.303 e. The fourth-order valence-electron chi connectivity index (χ4n) is 2.11. The van der Waals surface area contributed by atoms with E-state index in [4.69, 9.17) is 0 Å². The molecule has 0 radical (unpaired) electrons. The highest BCUT2D eigenvalue weighted by Gasteiger charge is 2.20. The second kappa shape index (κ2) is 5.08. The Hall–Kier alpha value is -1.15. The Balaban J connectivity index is 1.77. The van der Waals surface area contributed by atoms with Gasteiger partial charge in [0, 0.05) is 19.0 Å². The summed E-state index contributed by atoms with van der Waals surface area (Å²) in [5.74, 6) is 0.278. The van der Waals surface area contributed by atoms with Crippen molar-refractivity contribution in [1.29, 1.82) is 0 Å². The molecule has 1 atom stereocenters. The topological polar surface area (TPSA) is 20.3 Å². The molecule has 1 aliphatic heterocycles. The molecular weight excluding hydrogens is 186 g/mol. The van der Waals surface area contributed by atoms with Gasteiger partial charge in [0.15, 0.2) is 0 Å². The van der Waals surface area contributed by atoms with Crippen LogP contribution in [-0.4, -0.2) is 30.8 Å². The standard InChI is InChI=1S/C13H17NO/c15-11-13-7-9-14(10-13)8-6-12-4-2-1-3-5-12/h1-5,11,13H,6-10H2. The third kappa shape index (κ3) is 2.90. The zero-order valence-corrected chi connectivity index (χ0v) is 8.93. The van der Waals surface area contributed by atoms with Gasteiger partial charge >= 0.3 is 0 Å². The van der Waals surface area contributed by atoms with Crippen molar-refractivity contribution in [1.82, 2.24) is 4.90 Å². The summed E-state index contributed by atoms with van der Waals surface area (Å²) in [6.45, 7) is 3.11. The van der Waals surface area contributed by atoms with E-state index < -0.39 is 0 Å². The lowest BCUT2D eigenvalue weighted by molar-refractivity contribution is -0.110. The highest BCUT2D eigenvalue weighted by molar-refractivity contribution is 5.54. The lowest BCUT2D eigenvalue weighted by Gasteiger charge is -2.14. The average Bonchev–Trinajstić information content (AvgIpc) is 2.76. The second-order valence-electron chi connectivity index (χ2n) is 4.22. The number of carbonyl (C=O) groups is 1. The van der Waals surface area contributed by atoms with Crippen LogP contribution in [0.4, 0.5) is 0 Å². The summed E-state index contributed by atoms with van der Waals surface area (Å²) in [6.07, 6.45) is 3.23. The molecule has 0 saturated carbocycles. The van der Waals surface area contributed by atoms with Crippen LogP contribution in [0.15, 0.2) is 30.3 Å². The number of rotatable bonds is 4. The van der Waals surface area contributed by atoms with Gasteiger partial charge in [-0.15, -0.1) is 0 Å². The summed E-state index contributed by atoms with van der Waals surface area (Å²) in [6, 6.07) is 10.5. The van der Waals surface area contributed by atoms with E-state index in [0.717, 1.165) is 38.8 Å². The van der Waals surface area contributed by atoms with Crippen LogP contribution < -0.4 is 0 Å². The zero-order valence-electron chi connectivity index (χ0n) is 8.93. The maximum Gasteiger partial charge on any atom is 0.124 e. The molecule has 15 heavy (non-hydrogen) atoms. The number of hydrogen-bond donors (Lipinski definition) is 0. The van der Waals surface area contributed by atoms with Crippen LogP contribution >= 0.6 is 0 Å². The van der Waals surface area contributed by atoms with E-state index in [2.05, 4.69) is 29.2 Å². The molecule has 0 aromatic heterocycles. The normalized spacial score (nSPS) is 21.7. The third-order valence-electron chi connectivity index (χ3n) is 3.06. The quantitative estimate of drug-likeness (QED) is 0.695. The van der Waals surface area contributed by atoms with Gasteiger partial charge in [0.05, 0.1) is 0 Å². The van der Waals surface area contributed by atoms with Crippen molar-refractivity contribution in [3.63, 3.8) is 0 Å². The van der Waals surface area contributed by atoms with Crippen molar-refractivity contribution < 1.29 is 4.79 Å². The van der Waals surface area contributed by atoms with Crippen LogP contribution in [0.3, 0.4) is 0 Å². The molecule has 2 nitrogen and oxygen atoms in total. The monoisotopic (exact) mass is 203 g/mol. The van der Waals surface area contributed by atoms with Crippen LogP contribution in [0, 0.1) is 5.92 Å². The van der Waals surface area contributed by atoms with Gasteiger partial charge in [-0.2, -0.15) is 0 Å². The summed E-state index contributed by atoms with van der Waals surface area (Å²) < 4.78 is 0. The van der Waals surface area contributed by atoms with Crippen LogP contribution in [0.2, 0.25) is 0 Å². The van der Waals surface area contributed by atoms with E-state index in [-0.39, 0.29) is 5.92 Å².